The molecule has 0 aliphatic heterocycles. The molecule has 0 saturated carbocycles. The second-order valence-corrected chi connectivity index (χ2v) is 4.79. The van der Waals surface area contributed by atoms with Gasteiger partial charge in [-0.2, -0.15) is 0 Å². The van der Waals surface area contributed by atoms with Crippen molar-refractivity contribution in [1.82, 2.24) is 4.98 Å². The van der Waals surface area contributed by atoms with Crippen LogP contribution in [0.25, 0.3) is 0 Å². The van der Waals surface area contributed by atoms with Crippen LogP contribution in [0.3, 0.4) is 0 Å². The Bertz CT molecular complexity index is 470. The molecule has 0 fully saturated rings. The maximum atomic E-state index is 12.6. The van der Waals surface area contributed by atoms with E-state index in [0.29, 0.717) is 5.82 Å². The van der Waals surface area contributed by atoms with Crippen molar-refractivity contribution in [3.8, 4) is 0 Å². The predicted molar refractivity (Wildman–Crippen MR) is 77.7 cm³/mol. The second kappa shape index (κ2) is 7.62. The minimum atomic E-state index is -0.916. The summed E-state index contributed by atoms with van der Waals surface area (Å²) in [6.45, 7) is 5.96. The van der Waals surface area contributed by atoms with Crippen molar-refractivity contribution >= 4 is 17.7 Å². The summed E-state index contributed by atoms with van der Waals surface area (Å²) < 4.78 is 0. The number of hydrogen-bond donors (Lipinski definition) is 1. The zero-order chi connectivity index (χ0) is 15.1. The molecule has 1 heterocycles. The molecule has 110 valence electrons. The number of carboxylic acids is 1. The normalized spacial score (nSPS) is 10.6. The van der Waals surface area contributed by atoms with Gasteiger partial charge in [0, 0.05) is 18.7 Å². The van der Waals surface area contributed by atoms with Crippen molar-refractivity contribution in [3.05, 3.63) is 23.9 Å². The van der Waals surface area contributed by atoms with Gasteiger partial charge < -0.3 is 5.11 Å². The first kappa shape index (κ1) is 16.1. The van der Waals surface area contributed by atoms with Gasteiger partial charge in [-0.15, -0.1) is 0 Å². The monoisotopic (exact) mass is 278 g/mol. The van der Waals surface area contributed by atoms with Crippen molar-refractivity contribution < 1.29 is 14.7 Å². The number of anilines is 1. The molecule has 0 atom stereocenters. The summed E-state index contributed by atoms with van der Waals surface area (Å²) in [7, 11) is 0. The van der Waals surface area contributed by atoms with E-state index in [2.05, 4.69) is 4.98 Å². The van der Waals surface area contributed by atoms with Crippen LogP contribution in [0.1, 0.15) is 38.7 Å². The smallest absolute Gasteiger partial charge is 0.305 e. The molecule has 1 aromatic heterocycles. The fourth-order valence-electron chi connectivity index (χ4n) is 2.15. The van der Waals surface area contributed by atoms with E-state index in [4.69, 9.17) is 5.11 Å². The van der Waals surface area contributed by atoms with Crippen molar-refractivity contribution in [2.75, 3.05) is 11.4 Å². The Morgan fingerprint density at radius 1 is 1.35 bits per heavy atom. The number of aryl methyl sites for hydroxylation is 1. The van der Waals surface area contributed by atoms with Crippen LogP contribution >= 0.6 is 0 Å². The third-order valence-corrected chi connectivity index (χ3v) is 3.39. The number of aromatic nitrogens is 1. The van der Waals surface area contributed by atoms with Crippen molar-refractivity contribution in [2.45, 2.75) is 40.0 Å². The number of carbonyl (C=O) groups is 2. The topological polar surface area (TPSA) is 70.5 Å². The molecule has 5 heteroatoms. The molecule has 20 heavy (non-hydrogen) atoms. The van der Waals surface area contributed by atoms with Gasteiger partial charge in [-0.05, 0) is 31.4 Å². The highest BCUT2D eigenvalue weighted by Crippen LogP contribution is 2.21. The summed E-state index contributed by atoms with van der Waals surface area (Å²) in [6, 6.07) is 3.67. The Balaban J connectivity index is 3.05. The number of hydrogen-bond acceptors (Lipinski definition) is 3. The Labute approximate surface area is 119 Å². The van der Waals surface area contributed by atoms with Gasteiger partial charge in [0.2, 0.25) is 5.91 Å². The van der Waals surface area contributed by atoms with Crippen LogP contribution in [0.5, 0.6) is 0 Å². The summed E-state index contributed by atoms with van der Waals surface area (Å²) in [4.78, 5) is 29.1. The van der Waals surface area contributed by atoms with Gasteiger partial charge >= 0.3 is 5.97 Å². The van der Waals surface area contributed by atoms with Crippen LogP contribution in [0.2, 0.25) is 0 Å². The first-order valence-corrected chi connectivity index (χ1v) is 6.96. The highest BCUT2D eigenvalue weighted by atomic mass is 16.4. The molecular weight excluding hydrogens is 256 g/mol. The van der Waals surface area contributed by atoms with Gasteiger partial charge in [-0.1, -0.05) is 19.9 Å². The van der Waals surface area contributed by atoms with E-state index in [9.17, 15) is 9.59 Å². The summed E-state index contributed by atoms with van der Waals surface area (Å²) in [5.74, 6) is -0.491. The maximum absolute atomic E-state index is 12.6. The average Bonchev–Trinajstić information content (AvgIpc) is 2.42. The molecule has 0 aliphatic rings. The lowest BCUT2D eigenvalue weighted by atomic mass is 10.0. The van der Waals surface area contributed by atoms with Crippen LogP contribution in [0, 0.1) is 12.8 Å². The lowest BCUT2D eigenvalue weighted by molar-refractivity contribution is -0.136. The van der Waals surface area contributed by atoms with E-state index in [-0.39, 0.29) is 24.8 Å². The highest BCUT2D eigenvalue weighted by molar-refractivity contribution is 5.95. The SMILES string of the molecule is CCC(CC)C(=O)N(CCC(=O)O)c1ncccc1C. The van der Waals surface area contributed by atoms with Gasteiger partial charge in [0.15, 0.2) is 0 Å². The first-order chi connectivity index (χ1) is 9.51. The van der Waals surface area contributed by atoms with Crippen LogP contribution in [0.15, 0.2) is 18.3 Å². The fourth-order valence-corrected chi connectivity index (χ4v) is 2.15. The molecule has 0 bridgehead atoms. The lowest BCUT2D eigenvalue weighted by Gasteiger charge is -2.26. The van der Waals surface area contributed by atoms with Gasteiger partial charge in [0.1, 0.15) is 5.82 Å². The molecule has 0 saturated heterocycles. The molecule has 1 aromatic rings. The highest BCUT2D eigenvalue weighted by Gasteiger charge is 2.25. The van der Waals surface area contributed by atoms with Crippen LogP contribution < -0.4 is 4.90 Å². The Kier molecular flexibility index (Phi) is 6.15. The van der Waals surface area contributed by atoms with Crippen LogP contribution in [-0.4, -0.2) is 28.5 Å². The number of carboxylic acid groups (broad SMARTS) is 1. The van der Waals surface area contributed by atoms with E-state index < -0.39 is 5.97 Å². The predicted octanol–water partition coefficient (Wildman–Crippen LogP) is 2.63. The van der Waals surface area contributed by atoms with Crippen molar-refractivity contribution in [1.29, 1.82) is 0 Å². The van der Waals surface area contributed by atoms with E-state index in [0.717, 1.165) is 18.4 Å². The zero-order valence-electron chi connectivity index (χ0n) is 12.3. The molecule has 0 aliphatic carbocycles. The molecule has 0 unspecified atom stereocenters. The van der Waals surface area contributed by atoms with Gasteiger partial charge in [-0.25, -0.2) is 4.98 Å². The third kappa shape index (κ3) is 4.05. The number of rotatable bonds is 7. The maximum Gasteiger partial charge on any atom is 0.305 e. The Morgan fingerprint density at radius 2 is 2.00 bits per heavy atom. The molecule has 5 nitrogen and oxygen atoms in total. The first-order valence-electron chi connectivity index (χ1n) is 6.96. The lowest BCUT2D eigenvalue weighted by Crippen LogP contribution is -2.38. The second-order valence-electron chi connectivity index (χ2n) is 4.79. The van der Waals surface area contributed by atoms with Crippen LogP contribution in [-0.2, 0) is 9.59 Å². The minimum absolute atomic E-state index is 0.0435. The van der Waals surface area contributed by atoms with E-state index in [1.165, 1.54) is 4.90 Å². The Morgan fingerprint density at radius 3 is 2.50 bits per heavy atom. The third-order valence-electron chi connectivity index (χ3n) is 3.39. The number of aliphatic carboxylic acids is 1. The fraction of sp³-hybridized carbons (Fsp3) is 0.533. The van der Waals surface area contributed by atoms with Crippen LogP contribution in [0.4, 0.5) is 5.82 Å². The molecule has 1 amide bonds. The van der Waals surface area contributed by atoms with Crippen molar-refractivity contribution in [2.24, 2.45) is 5.92 Å². The number of amides is 1. The van der Waals surface area contributed by atoms with Crippen molar-refractivity contribution in [3.63, 3.8) is 0 Å². The van der Waals surface area contributed by atoms with E-state index in [1.807, 2.05) is 26.8 Å². The Hall–Kier alpha value is -1.91. The summed E-state index contributed by atoms with van der Waals surface area (Å²) in [5, 5.41) is 8.85. The molecule has 0 aromatic carbocycles. The van der Waals surface area contributed by atoms with Gasteiger partial charge in [-0.3, -0.25) is 14.5 Å². The molecule has 0 radical (unpaired) electrons. The number of nitrogens with zero attached hydrogens (tertiary/aromatic N) is 2. The molecular formula is C15H22N2O3. The van der Waals surface area contributed by atoms with E-state index >= 15 is 0 Å². The summed E-state index contributed by atoms with van der Waals surface area (Å²) in [6.07, 6.45) is 3.02. The van der Waals surface area contributed by atoms with E-state index in [1.54, 1.807) is 12.3 Å². The molecule has 0 spiro atoms. The van der Waals surface area contributed by atoms with Gasteiger partial charge in [0.25, 0.3) is 0 Å². The molecule has 1 N–H and O–H groups in total. The minimum Gasteiger partial charge on any atom is -0.481 e. The van der Waals surface area contributed by atoms with Gasteiger partial charge in [0.05, 0.1) is 6.42 Å². The largest absolute Gasteiger partial charge is 0.481 e. The average molecular weight is 278 g/mol. The molecule has 1 rings (SSSR count). The zero-order valence-corrected chi connectivity index (χ0v) is 12.3. The summed E-state index contributed by atoms with van der Waals surface area (Å²) in [5.41, 5.74) is 0.872. The quantitative estimate of drug-likeness (QED) is 0.832. The standard InChI is InChI=1S/C15H22N2O3/c1-4-12(5-2)15(20)17(10-8-13(18)19)14-11(3)7-6-9-16-14/h6-7,9,12H,4-5,8,10H2,1-3H3,(H,18,19). The summed E-state index contributed by atoms with van der Waals surface area (Å²) >= 11 is 0. The number of pyridine rings is 1. The number of carbonyl (C=O) groups excluding carboxylic acids is 1.